The zero-order valence-corrected chi connectivity index (χ0v) is 15.7. The standard InChI is InChI=1S/C14H34N2O3.2ClH/c1-6-16(7-2,8-10-19-11-9-17)13-14(18)12-15(3,4)5;;/h14,17-18H,6-13H2,1-5H3;2*1H/q+2;;/p-2. The van der Waals surface area contributed by atoms with Gasteiger partial charge in [-0.3, -0.25) is 0 Å². The fourth-order valence-electron chi connectivity index (χ4n) is 2.45. The molecule has 132 valence electrons. The Morgan fingerprint density at radius 1 is 0.952 bits per heavy atom. The van der Waals surface area contributed by atoms with Gasteiger partial charge in [0.2, 0.25) is 0 Å². The SMILES string of the molecule is CC[N+](CC)(CCOCCO)CC(O)C[N+](C)(C)C.[Cl-].[Cl-]. The summed E-state index contributed by atoms with van der Waals surface area (Å²) in [6.07, 6.45) is -0.294. The predicted octanol–water partition coefficient (Wildman–Crippen LogP) is -6.07. The molecule has 0 saturated heterocycles. The van der Waals surface area contributed by atoms with E-state index in [1.165, 1.54) is 0 Å². The van der Waals surface area contributed by atoms with Crippen LogP contribution < -0.4 is 24.8 Å². The fourth-order valence-corrected chi connectivity index (χ4v) is 2.45. The maximum atomic E-state index is 10.3. The van der Waals surface area contributed by atoms with Crippen molar-refractivity contribution >= 4 is 0 Å². The van der Waals surface area contributed by atoms with Crippen LogP contribution in [0.2, 0.25) is 0 Å². The van der Waals surface area contributed by atoms with E-state index >= 15 is 0 Å². The van der Waals surface area contributed by atoms with E-state index in [0.29, 0.717) is 13.2 Å². The molecule has 0 radical (unpaired) electrons. The Hall–Kier alpha value is 0.380. The van der Waals surface area contributed by atoms with Gasteiger partial charge in [-0.25, -0.2) is 0 Å². The van der Waals surface area contributed by atoms with Gasteiger partial charge in [0.25, 0.3) is 0 Å². The molecule has 0 amide bonds. The largest absolute Gasteiger partial charge is 1.00 e. The minimum Gasteiger partial charge on any atom is -1.00 e. The highest BCUT2D eigenvalue weighted by molar-refractivity contribution is 4.54. The fraction of sp³-hybridized carbons (Fsp3) is 1.00. The summed E-state index contributed by atoms with van der Waals surface area (Å²) in [6, 6.07) is 0. The minimum atomic E-state index is -0.294. The Morgan fingerprint density at radius 2 is 1.48 bits per heavy atom. The molecule has 0 aromatic heterocycles. The van der Waals surface area contributed by atoms with Crippen molar-refractivity contribution in [1.29, 1.82) is 0 Å². The van der Waals surface area contributed by atoms with Crippen LogP contribution in [0.1, 0.15) is 13.8 Å². The molecule has 0 aliphatic carbocycles. The van der Waals surface area contributed by atoms with Gasteiger partial charge in [0.1, 0.15) is 19.6 Å². The first-order valence-corrected chi connectivity index (χ1v) is 7.31. The number of hydrogen-bond acceptors (Lipinski definition) is 3. The van der Waals surface area contributed by atoms with Crippen LogP contribution in [0.5, 0.6) is 0 Å². The first kappa shape index (κ1) is 26.3. The Balaban J connectivity index is -0.00000162. The molecule has 1 unspecified atom stereocenters. The summed E-state index contributed by atoms with van der Waals surface area (Å²) in [7, 11) is 6.29. The highest BCUT2D eigenvalue weighted by atomic mass is 35.5. The molecule has 0 aliphatic rings. The van der Waals surface area contributed by atoms with Crippen molar-refractivity contribution in [3.8, 4) is 0 Å². The molecule has 0 rings (SSSR count). The smallest absolute Gasteiger partial charge is 0.152 e. The molecule has 1 atom stereocenters. The van der Waals surface area contributed by atoms with Crippen molar-refractivity contribution in [2.75, 3.05) is 73.7 Å². The maximum Gasteiger partial charge on any atom is 0.152 e. The third-order valence-corrected chi connectivity index (χ3v) is 3.64. The van der Waals surface area contributed by atoms with E-state index in [1.54, 1.807) is 0 Å². The van der Waals surface area contributed by atoms with Gasteiger partial charge in [0, 0.05) is 0 Å². The van der Waals surface area contributed by atoms with Crippen molar-refractivity contribution in [2.24, 2.45) is 0 Å². The normalized spacial score (nSPS) is 13.3. The lowest BCUT2D eigenvalue weighted by molar-refractivity contribution is -0.934. The van der Waals surface area contributed by atoms with E-state index in [4.69, 9.17) is 9.84 Å². The second kappa shape index (κ2) is 12.9. The predicted molar refractivity (Wildman–Crippen MR) is 77.9 cm³/mol. The van der Waals surface area contributed by atoms with Gasteiger partial charge in [0.05, 0.1) is 54.1 Å². The summed E-state index contributed by atoms with van der Waals surface area (Å²) in [5, 5.41) is 19.0. The van der Waals surface area contributed by atoms with Crippen molar-refractivity contribution in [3.05, 3.63) is 0 Å². The van der Waals surface area contributed by atoms with Crippen LogP contribution in [0.4, 0.5) is 0 Å². The molecule has 0 spiro atoms. The van der Waals surface area contributed by atoms with E-state index in [0.717, 1.165) is 41.7 Å². The second-order valence-electron chi connectivity index (χ2n) is 6.34. The van der Waals surface area contributed by atoms with Gasteiger partial charge in [0.15, 0.2) is 6.10 Å². The molecule has 7 heteroatoms. The summed E-state index contributed by atoms with van der Waals surface area (Å²) in [6.45, 7) is 9.84. The molecular formula is C14H34Cl2N2O3. The zero-order valence-electron chi connectivity index (χ0n) is 14.2. The monoisotopic (exact) mass is 348 g/mol. The molecule has 0 aromatic rings. The van der Waals surface area contributed by atoms with E-state index < -0.39 is 0 Å². The first-order valence-electron chi connectivity index (χ1n) is 7.31. The van der Waals surface area contributed by atoms with Gasteiger partial charge in [-0.05, 0) is 13.8 Å². The average Bonchev–Trinajstić information content (AvgIpc) is 2.31. The molecule has 0 aliphatic heterocycles. The Morgan fingerprint density at radius 3 is 1.86 bits per heavy atom. The maximum absolute atomic E-state index is 10.3. The summed E-state index contributed by atoms with van der Waals surface area (Å²) in [5.41, 5.74) is 0. The lowest BCUT2D eigenvalue weighted by atomic mass is 10.2. The molecule has 0 heterocycles. The summed E-state index contributed by atoms with van der Waals surface area (Å²) in [5.74, 6) is 0. The van der Waals surface area contributed by atoms with Crippen LogP contribution >= 0.6 is 0 Å². The van der Waals surface area contributed by atoms with Crippen LogP contribution in [-0.4, -0.2) is 99.0 Å². The highest BCUT2D eigenvalue weighted by Crippen LogP contribution is 2.10. The molecule has 0 aromatic carbocycles. The Kier molecular flexibility index (Phi) is 16.1. The number of rotatable bonds is 11. The quantitative estimate of drug-likeness (QED) is 0.288. The van der Waals surface area contributed by atoms with Gasteiger partial charge < -0.3 is 48.7 Å². The van der Waals surface area contributed by atoms with E-state index in [9.17, 15) is 5.11 Å². The number of likely N-dealkylation sites (N-methyl/N-ethyl adjacent to an activating group) is 2. The van der Waals surface area contributed by atoms with Gasteiger partial charge >= 0.3 is 0 Å². The van der Waals surface area contributed by atoms with Crippen LogP contribution in [-0.2, 0) is 4.74 Å². The molecular weight excluding hydrogens is 315 g/mol. The van der Waals surface area contributed by atoms with Crippen LogP contribution in [0.25, 0.3) is 0 Å². The zero-order chi connectivity index (χ0) is 14.9. The number of aliphatic hydroxyl groups is 2. The number of hydrogen-bond donors (Lipinski definition) is 2. The molecule has 5 nitrogen and oxygen atoms in total. The van der Waals surface area contributed by atoms with Gasteiger partial charge in [-0.2, -0.15) is 0 Å². The number of quaternary nitrogens is 2. The van der Waals surface area contributed by atoms with Crippen molar-refractivity contribution < 1.29 is 48.7 Å². The molecule has 21 heavy (non-hydrogen) atoms. The van der Waals surface area contributed by atoms with Crippen molar-refractivity contribution in [2.45, 2.75) is 20.0 Å². The summed E-state index contributed by atoms with van der Waals surface area (Å²) >= 11 is 0. The van der Waals surface area contributed by atoms with Crippen LogP contribution in [0, 0.1) is 0 Å². The Bertz CT molecular complexity index is 235. The van der Waals surface area contributed by atoms with Gasteiger partial charge in [-0.15, -0.1) is 0 Å². The lowest BCUT2D eigenvalue weighted by Crippen LogP contribution is -3.00. The molecule has 0 bridgehead atoms. The van der Waals surface area contributed by atoms with Crippen LogP contribution in [0.3, 0.4) is 0 Å². The van der Waals surface area contributed by atoms with Crippen molar-refractivity contribution in [3.63, 3.8) is 0 Å². The second-order valence-corrected chi connectivity index (χ2v) is 6.34. The molecule has 0 fully saturated rings. The van der Waals surface area contributed by atoms with Crippen molar-refractivity contribution in [1.82, 2.24) is 0 Å². The Labute approximate surface area is 142 Å². The van der Waals surface area contributed by atoms with E-state index in [-0.39, 0.29) is 37.5 Å². The number of ether oxygens (including phenoxy) is 1. The van der Waals surface area contributed by atoms with E-state index in [1.807, 2.05) is 0 Å². The average molecular weight is 349 g/mol. The third kappa shape index (κ3) is 12.6. The highest BCUT2D eigenvalue weighted by Gasteiger charge is 2.29. The molecule has 2 N–H and O–H groups in total. The first-order chi connectivity index (χ1) is 8.78. The third-order valence-electron chi connectivity index (χ3n) is 3.64. The summed E-state index contributed by atoms with van der Waals surface area (Å²) in [4.78, 5) is 0. The topological polar surface area (TPSA) is 49.7 Å². The number of aliphatic hydroxyl groups excluding tert-OH is 2. The van der Waals surface area contributed by atoms with E-state index in [2.05, 4.69) is 35.0 Å². The van der Waals surface area contributed by atoms with Crippen LogP contribution in [0.15, 0.2) is 0 Å². The minimum absolute atomic E-state index is 0. The molecule has 0 saturated carbocycles. The lowest BCUT2D eigenvalue weighted by Gasteiger charge is -2.39. The van der Waals surface area contributed by atoms with Gasteiger partial charge in [-0.1, -0.05) is 0 Å². The summed E-state index contributed by atoms with van der Waals surface area (Å²) < 4.78 is 7.01. The number of halogens is 2. The number of nitrogens with zero attached hydrogens (tertiary/aromatic N) is 2.